The van der Waals surface area contributed by atoms with Gasteiger partial charge in [-0.05, 0) is 36.4 Å². The van der Waals surface area contributed by atoms with Crippen molar-refractivity contribution in [3.8, 4) is 17.9 Å². The molecule has 0 spiro atoms. The predicted octanol–water partition coefficient (Wildman–Crippen LogP) is 5.61. The van der Waals surface area contributed by atoms with Gasteiger partial charge in [0.05, 0.1) is 23.3 Å². The lowest BCUT2D eigenvalue weighted by molar-refractivity contribution is 0.414. The zero-order valence-corrected chi connectivity index (χ0v) is 15.5. The molecule has 7 heteroatoms. The number of para-hydroxylation sites is 1. The van der Waals surface area contributed by atoms with Crippen molar-refractivity contribution >= 4 is 23.1 Å². The van der Waals surface area contributed by atoms with Gasteiger partial charge in [-0.25, -0.2) is 8.78 Å². The van der Waals surface area contributed by atoms with Crippen LogP contribution in [0, 0.1) is 34.3 Å². The molecule has 0 aliphatic carbocycles. The average molecular weight is 393 g/mol. The molecule has 0 heterocycles. The highest BCUT2D eigenvalue weighted by molar-refractivity contribution is 7.99. The van der Waals surface area contributed by atoms with Crippen molar-refractivity contribution < 1.29 is 13.5 Å². The van der Waals surface area contributed by atoms with Crippen LogP contribution in [0.4, 0.5) is 20.2 Å². The molecule has 0 bridgehead atoms. The second-order valence-corrected chi connectivity index (χ2v) is 6.66. The van der Waals surface area contributed by atoms with Gasteiger partial charge in [-0.2, -0.15) is 10.5 Å². The first kappa shape index (κ1) is 19.2. The SMILES string of the molecule is COc1ccc(Sc2c(F)c(F)c(C#N)c(C#N)c2Nc2ccccc2)cc1. The Hall–Kier alpha value is -3.55. The molecule has 0 aliphatic rings. The summed E-state index contributed by atoms with van der Waals surface area (Å²) in [6, 6.07) is 18.9. The Balaban J connectivity index is 2.17. The highest BCUT2D eigenvalue weighted by atomic mass is 32.2. The minimum Gasteiger partial charge on any atom is -0.497 e. The summed E-state index contributed by atoms with van der Waals surface area (Å²) in [5.41, 5.74) is -0.255. The third-order valence-electron chi connectivity index (χ3n) is 3.88. The van der Waals surface area contributed by atoms with Crippen LogP contribution >= 0.6 is 11.8 Å². The molecule has 0 aromatic heterocycles. The first-order valence-electron chi connectivity index (χ1n) is 8.08. The van der Waals surface area contributed by atoms with Crippen LogP contribution in [0.15, 0.2) is 64.4 Å². The zero-order chi connectivity index (χ0) is 20.1. The molecule has 0 saturated carbocycles. The maximum absolute atomic E-state index is 14.8. The number of nitriles is 2. The molecule has 138 valence electrons. The number of rotatable bonds is 5. The van der Waals surface area contributed by atoms with Gasteiger partial charge in [-0.1, -0.05) is 30.0 Å². The third kappa shape index (κ3) is 3.75. The van der Waals surface area contributed by atoms with Crippen molar-refractivity contribution in [3.63, 3.8) is 0 Å². The topological polar surface area (TPSA) is 68.8 Å². The minimum absolute atomic E-state index is 0.0463. The molecule has 28 heavy (non-hydrogen) atoms. The molecule has 3 aromatic rings. The van der Waals surface area contributed by atoms with E-state index >= 15 is 0 Å². The number of benzene rings is 3. The van der Waals surface area contributed by atoms with E-state index in [1.54, 1.807) is 60.7 Å². The molecule has 4 nitrogen and oxygen atoms in total. The Morgan fingerprint density at radius 3 is 2.11 bits per heavy atom. The number of hydrogen-bond acceptors (Lipinski definition) is 5. The summed E-state index contributed by atoms with van der Waals surface area (Å²) in [5, 5.41) is 21.7. The Bertz CT molecular complexity index is 1090. The Kier molecular flexibility index (Phi) is 5.78. The fraction of sp³-hybridized carbons (Fsp3) is 0.0476. The van der Waals surface area contributed by atoms with Crippen molar-refractivity contribution in [3.05, 3.63) is 77.4 Å². The molecule has 3 rings (SSSR count). The van der Waals surface area contributed by atoms with Gasteiger partial charge in [0.25, 0.3) is 0 Å². The molecular formula is C21H13F2N3OS. The summed E-state index contributed by atoms with van der Waals surface area (Å²) in [6.45, 7) is 0. The predicted molar refractivity (Wildman–Crippen MR) is 103 cm³/mol. The van der Waals surface area contributed by atoms with Crippen LogP contribution in [-0.4, -0.2) is 7.11 Å². The number of anilines is 2. The quantitative estimate of drug-likeness (QED) is 0.610. The normalized spacial score (nSPS) is 10.0. The number of ether oxygens (including phenoxy) is 1. The van der Waals surface area contributed by atoms with Crippen LogP contribution in [0.5, 0.6) is 5.75 Å². The highest BCUT2D eigenvalue weighted by Crippen LogP contribution is 2.42. The third-order valence-corrected chi connectivity index (χ3v) is 4.98. The molecule has 0 atom stereocenters. The van der Waals surface area contributed by atoms with E-state index in [0.29, 0.717) is 16.3 Å². The maximum atomic E-state index is 14.8. The largest absolute Gasteiger partial charge is 0.497 e. The van der Waals surface area contributed by atoms with Gasteiger partial charge in [-0.3, -0.25) is 0 Å². The van der Waals surface area contributed by atoms with Crippen LogP contribution in [0.3, 0.4) is 0 Å². The standard InChI is InChI=1S/C21H13F2N3OS/c1-27-14-7-9-15(10-8-14)28-21-19(23)18(22)16(11-24)17(12-25)20(21)26-13-5-3-2-4-6-13/h2-10,26H,1H3. The first-order chi connectivity index (χ1) is 13.6. The average Bonchev–Trinajstić information content (AvgIpc) is 2.74. The molecule has 3 aromatic carbocycles. The molecule has 0 amide bonds. The van der Waals surface area contributed by atoms with Crippen molar-refractivity contribution in [2.24, 2.45) is 0 Å². The zero-order valence-electron chi connectivity index (χ0n) is 14.7. The van der Waals surface area contributed by atoms with Gasteiger partial charge in [0.15, 0.2) is 11.6 Å². The van der Waals surface area contributed by atoms with Crippen LogP contribution in [0.25, 0.3) is 0 Å². The van der Waals surface area contributed by atoms with Crippen LogP contribution in [-0.2, 0) is 0 Å². The summed E-state index contributed by atoms with van der Waals surface area (Å²) in [7, 11) is 1.53. The van der Waals surface area contributed by atoms with Crippen molar-refractivity contribution in [1.82, 2.24) is 0 Å². The molecule has 0 aliphatic heterocycles. The fourth-order valence-electron chi connectivity index (χ4n) is 2.53. The van der Waals surface area contributed by atoms with Crippen molar-refractivity contribution in [2.75, 3.05) is 12.4 Å². The van der Waals surface area contributed by atoms with Gasteiger partial charge >= 0.3 is 0 Å². The lowest BCUT2D eigenvalue weighted by atomic mass is 10.1. The number of hydrogen-bond donors (Lipinski definition) is 1. The number of nitrogens with one attached hydrogen (secondary N) is 1. The first-order valence-corrected chi connectivity index (χ1v) is 8.89. The lowest BCUT2D eigenvalue weighted by Gasteiger charge is -2.16. The van der Waals surface area contributed by atoms with E-state index in [4.69, 9.17) is 4.74 Å². The lowest BCUT2D eigenvalue weighted by Crippen LogP contribution is -2.05. The van der Waals surface area contributed by atoms with Crippen LogP contribution < -0.4 is 10.1 Å². The summed E-state index contributed by atoms with van der Waals surface area (Å²) in [4.78, 5) is 0.505. The van der Waals surface area contributed by atoms with Crippen molar-refractivity contribution in [1.29, 1.82) is 10.5 Å². The number of methoxy groups -OCH3 is 1. The summed E-state index contributed by atoms with van der Waals surface area (Å²) in [6.07, 6.45) is 0. The molecule has 0 saturated heterocycles. The van der Waals surface area contributed by atoms with E-state index in [1.165, 1.54) is 7.11 Å². The number of nitrogens with zero attached hydrogens (tertiary/aromatic N) is 2. The monoisotopic (exact) mass is 393 g/mol. The molecule has 0 fully saturated rings. The highest BCUT2D eigenvalue weighted by Gasteiger charge is 2.25. The molecule has 1 N–H and O–H groups in total. The number of halogens is 2. The second kappa shape index (κ2) is 8.43. The van der Waals surface area contributed by atoms with Crippen LogP contribution in [0.2, 0.25) is 0 Å². The molecule has 0 unspecified atom stereocenters. The summed E-state index contributed by atoms with van der Waals surface area (Å²) in [5.74, 6) is -1.90. The Morgan fingerprint density at radius 2 is 1.54 bits per heavy atom. The Morgan fingerprint density at radius 1 is 0.893 bits per heavy atom. The second-order valence-electron chi connectivity index (χ2n) is 5.57. The van der Waals surface area contributed by atoms with E-state index in [2.05, 4.69) is 5.32 Å². The van der Waals surface area contributed by atoms with E-state index in [1.807, 2.05) is 6.07 Å². The van der Waals surface area contributed by atoms with E-state index in [0.717, 1.165) is 11.8 Å². The minimum atomic E-state index is -1.34. The van der Waals surface area contributed by atoms with E-state index < -0.39 is 17.2 Å². The van der Waals surface area contributed by atoms with Crippen molar-refractivity contribution in [2.45, 2.75) is 9.79 Å². The smallest absolute Gasteiger partial charge is 0.179 e. The van der Waals surface area contributed by atoms with Gasteiger partial charge in [-0.15, -0.1) is 0 Å². The van der Waals surface area contributed by atoms with Gasteiger partial charge in [0.1, 0.15) is 23.5 Å². The van der Waals surface area contributed by atoms with E-state index in [-0.39, 0.29) is 16.1 Å². The molecular weight excluding hydrogens is 380 g/mol. The van der Waals surface area contributed by atoms with Crippen LogP contribution in [0.1, 0.15) is 11.1 Å². The Labute approximate surface area is 165 Å². The summed E-state index contributed by atoms with van der Waals surface area (Å²) >= 11 is 0.949. The summed E-state index contributed by atoms with van der Waals surface area (Å²) < 4.78 is 34.4. The fourth-order valence-corrected chi connectivity index (χ4v) is 3.47. The van der Waals surface area contributed by atoms with Gasteiger partial charge in [0, 0.05) is 10.6 Å². The molecule has 0 radical (unpaired) electrons. The maximum Gasteiger partial charge on any atom is 0.179 e. The van der Waals surface area contributed by atoms with E-state index in [9.17, 15) is 19.3 Å². The van der Waals surface area contributed by atoms with Gasteiger partial charge in [0.2, 0.25) is 0 Å². The van der Waals surface area contributed by atoms with Gasteiger partial charge < -0.3 is 10.1 Å².